The average Bonchev–Trinajstić information content (AvgIpc) is 3.11. The van der Waals surface area contributed by atoms with Crippen molar-refractivity contribution in [3.05, 3.63) is 71.3 Å². The van der Waals surface area contributed by atoms with Crippen LogP contribution in [0, 0.1) is 18.3 Å². The Morgan fingerprint density at radius 1 is 1.18 bits per heavy atom. The van der Waals surface area contributed by atoms with E-state index in [0.29, 0.717) is 22.5 Å². The van der Waals surface area contributed by atoms with E-state index in [9.17, 15) is 10.1 Å². The topological polar surface area (TPSA) is 70.6 Å². The van der Waals surface area contributed by atoms with Crippen LogP contribution in [0.5, 0.6) is 0 Å². The molecule has 0 saturated heterocycles. The Morgan fingerprint density at radius 2 is 1.89 bits per heavy atom. The van der Waals surface area contributed by atoms with Crippen LogP contribution in [0.15, 0.2) is 54.6 Å². The molecule has 6 heteroatoms. The van der Waals surface area contributed by atoms with E-state index in [0.717, 1.165) is 22.4 Å². The van der Waals surface area contributed by atoms with Gasteiger partial charge in [0, 0.05) is 7.05 Å². The van der Waals surface area contributed by atoms with Gasteiger partial charge in [-0.1, -0.05) is 24.3 Å². The summed E-state index contributed by atoms with van der Waals surface area (Å²) in [6, 6.07) is 19.2. The maximum atomic E-state index is 12.3. The van der Waals surface area contributed by atoms with Crippen molar-refractivity contribution in [2.75, 3.05) is 19.1 Å². The van der Waals surface area contributed by atoms with E-state index in [-0.39, 0.29) is 0 Å². The molecule has 28 heavy (non-hydrogen) atoms. The van der Waals surface area contributed by atoms with Gasteiger partial charge in [-0.05, 0) is 42.8 Å². The first kappa shape index (κ1) is 17.6. The van der Waals surface area contributed by atoms with Crippen molar-refractivity contribution in [3.63, 3.8) is 0 Å². The number of methoxy groups -OCH3 is 1. The number of anilines is 2. The van der Waals surface area contributed by atoms with Gasteiger partial charge in [-0.15, -0.1) is 0 Å². The minimum Gasteiger partial charge on any atom is -0.465 e. The molecule has 6 nitrogen and oxygen atoms in total. The van der Waals surface area contributed by atoms with E-state index >= 15 is 0 Å². The van der Waals surface area contributed by atoms with Crippen molar-refractivity contribution in [3.8, 4) is 6.07 Å². The quantitative estimate of drug-likeness (QED) is 0.505. The lowest BCUT2D eigenvalue weighted by Crippen LogP contribution is -2.18. The van der Waals surface area contributed by atoms with Gasteiger partial charge >= 0.3 is 5.97 Å². The summed E-state index contributed by atoms with van der Waals surface area (Å²) in [7, 11) is 3.25. The molecular formula is C22H18N4O2. The molecule has 0 N–H and O–H groups in total. The highest BCUT2D eigenvalue weighted by atomic mass is 16.5. The number of fused-ring (bicyclic) bond motifs is 3. The van der Waals surface area contributed by atoms with E-state index in [1.54, 1.807) is 12.1 Å². The van der Waals surface area contributed by atoms with Crippen molar-refractivity contribution in [1.82, 2.24) is 9.38 Å². The second kappa shape index (κ2) is 6.71. The number of aromatic nitrogens is 2. The molecule has 0 amide bonds. The molecule has 4 aromatic rings. The summed E-state index contributed by atoms with van der Waals surface area (Å²) in [5.74, 6) is 0.399. The number of nitriles is 1. The maximum absolute atomic E-state index is 12.3. The highest BCUT2D eigenvalue weighted by Crippen LogP contribution is 2.33. The third-order valence-electron chi connectivity index (χ3n) is 4.88. The summed E-state index contributed by atoms with van der Waals surface area (Å²) >= 11 is 0. The van der Waals surface area contributed by atoms with Crippen molar-refractivity contribution < 1.29 is 9.53 Å². The molecule has 0 aliphatic heterocycles. The number of carbonyl (C=O) groups excluding carboxylic acids is 1. The van der Waals surface area contributed by atoms with Crippen molar-refractivity contribution in [1.29, 1.82) is 5.26 Å². The Balaban J connectivity index is 2.05. The van der Waals surface area contributed by atoms with Gasteiger partial charge < -0.3 is 9.64 Å². The summed E-state index contributed by atoms with van der Waals surface area (Å²) in [5.41, 5.74) is 4.83. The number of benzene rings is 2. The predicted octanol–water partition coefficient (Wildman–Crippen LogP) is 4.22. The minimum atomic E-state index is -0.403. The smallest absolute Gasteiger partial charge is 0.339 e. The summed E-state index contributed by atoms with van der Waals surface area (Å²) in [4.78, 5) is 18.8. The lowest BCUT2D eigenvalue weighted by molar-refractivity contribution is 0.0601. The molecule has 2 heterocycles. The van der Waals surface area contributed by atoms with Crippen molar-refractivity contribution >= 4 is 34.2 Å². The maximum Gasteiger partial charge on any atom is 0.339 e. The van der Waals surface area contributed by atoms with Crippen LogP contribution in [0.25, 0.3) is 16.7 Å². The number of rotatable bonds is 3. The molecule has 0 unspecified atom stereocenters. The molecule has 0 aliphatic rings. The number of hydrogen-bond donors (Lipinski definition) is 0. The van der Waals surface area contributed by atoms with E-state index in [4.69, 9.17) is 4.74 Å². The zero-order chi connectivity index (χ0) is 19.8. The van der Waals surface area contributed by atoms with Crippen LogP contribution < -0.4 is 4.90 Å². The van der Waals surface area contributed by atoms with Crippen LogP contribution in [0.1, 0.15) is 21.5 Å². The molecule has 0 radical (unpaired) electrons. The first-order valence-corrected chi connectivity index (χ1v) is 8.78. The first-order chi connectivity index (χ1) is 13.6. The summed E-state index contributed by atoms with van der Waals surface area (Å²) < 4.78 is 6.89. The Kier molecular flexibility index (Phi) is 4.21. The SMILES string of the molecule is COC(=O)c1ccccc1N(C)c1cc(C)c(C#N)c2nc3ccccc3n12. The molecule has 2 aromatic heterocycles. The van der Waals surface area contributed by atoms with Crippen molar-refractivity contribution in [2.24, 2.45) is 0 Å². The lowest BCUT2D eigenvalue weighted by atomic mass is 10.1. The Morgan fingerprint density at radius 3 is 2.64 bits per heavy atom. The normalized spacial score (nSPS) is 10.8. The average molecular weight is 370 g/mol. The lowest BCUT2D eigenvalue weighted by Gasteiger charge is -2.24. The highest BCUT2D eigenvalue weighted by molar-refractivity contribution is 5.97. The van der Waals surface area contributed by atoms with E-state index in [2.05, 4.69) is 11.1 Å². The van der Waals surface area contributed by atoms with Crippen LogP contribution in [-0.2, 0) is 4.74 Å². The van der Waals surface area contributed by atoms with Crippen LogP contribution in [0.2, 0.25) is 0 Å². The van der Waals surface area contributed by atoms with E-state index in [1.165, 1.54) is 7.11 Å². The van der Waals surface area contributed by atoms with Gasteiger partial charge in [0.05, 0.1) is 35.0 Å². The highest BCUT2D eigenvalue weighted by Gasteiger charge is 2.21. The van der Waals surface area contributed by atoms with Gasteiger partial charge in [-0.3, -0.25) is 4.40 Å². The van der Waals surface area contributed by atoms with E-state index in [1.807, 2.05) is 65.7 Å². The molecule has 0 bridgehead atoms. The number of imidazole rings is 1. The second-order valence-electron chi connectivity index (χ2n) is 6.50. The monoisotopic (exact) mass is 370 g/mol. The number of pyridine rings is 1. The molecule has 0 atom stereocenters. The largest absolute Gasteiger partial charge is 0.465 e. The molecule has 0 saturated carbocycles. The molecule has 2 aromatic carbocycles. The fourth-order valence-corrected chi connectivity index (χ4v) is 3.49. The zero-order valence-corrected chi connectivity index (χ0v) is 15.8. The van der Waals surface area contributed by atoms with Gasteiger partial charge in [0.15, 0.2) is 5.65 Å². The molecular weight excluding hydrogens is 352 g/mol. The standard InChI is InChI=1S/C22H18N4O2/c1-14-12-20(25(2)18-10-6-4-8-15(18)22(27)28-3)26-19-11-7-5-9-17(19)24-21(26)16(14)13-23/h4-12H,1-3H3. The van der Waals surface area contributed by atoms with Gasteiger partial charge in [-0.25, -0.2) is 9.78 Å². The number of aryl methyl sites for hydroxylation is 1. The number of para-hydroxylation sites is 3. The van der Waals surface area contributed by atoms with Gasteiger partial charge in [-0.2, -0.15) is 5.26 Å². The Hall–Kier alpha value is -3.85. The fourth-order valence-electron chi connectivity index (χ4n) is 3.49. The molecule has 0 aliphatic carbocycles. The predicted molar refractivity (Wildman–Crippen MR) is 108 cm³/mol. The third kappa shape index (κ3) is 2.57. The fraction of sp³-hybridized carbons (Fsp3) is 0.136. The molecule has 0 spiro atoms. The first-order valence-electron chi connectivity index (χ1n) is 8.78. The van der Waals surface area contributed by atoms with Crippen LogP contribution in [-0.4, -0.2) is 29.5 Å². The minimum absolute atomic E-state index is 0.403. The number of ether oxygens (including phenoxy) is 1. The number of nitrogens with zero attached hydrogens (tertiary/aromatic N) is 4. The van der Waals surface area contributed by atoms with E-state index < -0.39 is 5.97 Å². The Bertz CT molecular complexity index is 1270. The van der Waals surface area contributed by atoms with Crippen LogP contribution in [0.4, 0.5) is 11.5 Å². The van der Waals surface area contributed by atoms with Crippen molar-refractivity contribution in [2.45, 2.75) is 6.92 Å². The molecule has 138 valence electrons. The molecule has 4 rings (SSSR count). The Labute approximate surface area is 162 Å². The molecule has 0 fully saturated rings. The summed E-state index contributed by atoms with van der Waals surface area (Å²) in [6.45, 7) is 1.89. The van der Waals surface area contributed by atoms with Crippen LogP contribution >= 0.6 is 0 Å². The number of hydrogen-bond acceptors (Lipinski definition) is 5. The van der Waals surface area contributed by atoms with Crippen LogP contribution in [0.3, 0.4) is 0 Å². The van der Waals surface area contributed by atoms with Gasteiger partial charge in [0.1, 0.15) is 11.9 Å². The third-order valence-corrected chi connectivity index (χ3v) is 4.88. The van der Waals surface area contributed by atoms with Gasteiger partial charge in [0.2, 0.25) is 0 Å². The summed E-state index contributed by atoms with van der Waals surface area (Å²) in [6.07, 6.45) is 0. The van der Waals surface area contributed by atoms with Gasteiger partial charge in [0.25, 0.3) is 0 Å². The second-order valence-corrected chi connectivity index (χ2v) is 6.50. The summed E-state index contributed by atoms with van der Waals surface area (Å²) in [5, 5.41) is 9.66. The number of carbonyl (C=O) groups is 1. The zero-order valence-electron chi connectivity index (χ0n) is 15.8. The number of esters is 1.